The van der Waals surface area contributed by atoms with E-state index in [-0.39, 0.29) is 25.4 Å². The predicted octanol–water partition coefficient (Wildman–Crippen LogP) is 2.96. The fourth-order valence-electron chi connectivity index (χ4n) is 2.66. The van der Waals surface area contributed by atoms with E-state index < -0.39 is 23.8 Å². The molecule has 0 aromatic heterocycles. The Hall–Kier alpha value is -2.64. The van der Waals surface area contributed by atoms with Crippen molar-refractivity contribution < 1.29 is 34.0 Å². The van der Waals surface area contributed by atoms with Gasteiger partial charge in [0.2, 0.25) is 5.79 Å². The monoisotopic (exact) mass is 404 g/mol. The van der Waals surface area contributed by atoms with Crippen molar-refractivity contribution in [1.82, 2.24) is 0 Å². The molecule has 1 heterocycles. The van der Waals surface area contributed by atoms with Gasteiger partial charge in [-0.3, -0.25) is 0 Å². The fraction of sp³-hybridized carbons (Fsp3) is 0.455. The minimum atomic E-state index is -1.54. The quantitative estimate of drug-likeness (QED) is 0.332. The average Bonchev–Trinajstić information content (AvgIpc) is 3.46. The van der Waals surface area contributed by atoms with Gasteiger partial charge in [-0.25, -0.2) is 9.59 Å². The summed E-state index contributed by atoms with van der Waals surface area (Å²) in [6, 6.07) is 6.28. The lowest BCUT2D eigenvalue weighted by atomic mass is 10.0. The Labute approximate surface area is 170 Å². The molecule has 1 aliphatic heterocycles. The van der Waals surface area contributed by atoms with Gasteiger partial charge in [0.05, 0.1) is 6.61 Å². The lowest BCUT2D eigenvalue weighted by molar-refractivity contribution is -0.161. The number of aromatic hydroxyl groups is 1. The number of epoxide rings is 1. The second-order valence-electron chi connectivity index (χ2n) is 6.88. The summed E-state index contributed by atoms with van der Waals surface area (Å²) in [7, 11) is 0. The molecule has 0 spiro atoms. The van der Waals surface area contributed by atoms with E-state index in [2.05, 4.69) is 13.8 Å². The number of carbonyl (C=O) groups excluding carboxylic acids is 2. The molecule has 29 heavy (non-hydrogen) atoms. The van der Waals surface area contributed by atoms with Crippen LogP contribution in [0.5, 0.6) is 5.75 Å². The minimum Gasteiger partial charge on any atom is -0.508 e. The lowest BCUT2D eigenvalue weighted by Crippen LogP contribution is -2.35. The SMILES string of the molecule is CCC(C=CC(=O)OCCC(OC(=O)C=Cc1ccc(O)cc1)C1(O)CO1)CC. The zero-order chi connectivity index (χ0) is 21.3. The molecule has 7 nitrogen and oxygen atoms in total. The molecule has 1 saturated heterocycles. The molecule has 2 atom stereocenters. The van der Waals surface area contributed by atoms with Gasteiger partial charge in [-0.05, 0) is 42.5 Å². The van der Waals surface area contributed by atoms with Gasteiger partial charge in [-0.1, -0.05) is 32.1 Å². The Balaban J connectivity index is 1.83. The lowest BCUT2D eigenvalue weighted by Gasteiger charge is -2.19. The first-order valence-corrected chi connectivity index (χ1v) is 9.75. The maximum Gasteiger partial charge on any atom is 0.331 e. The molecule has 1 aromatic rings. The number of benzene rings is 1. The van der Waals surface area contributed by atoms with E-state index in [1.54, 1.807) is 12.1 Å². The highest BCUT2D eigenvalue weighted by Crippen LogP contribution is 2.31. The summed E-state index contributed by atoms with van der Waals surface area (Å²) in [4.78, 5) is 23.9. The molecule has 2 N–H and O–H groups in total. The standard InChI is InChI=1S/C22H28O7/c1-3-16(4-2)7-11-20(24)27-14-13-19(22(26)15-28-22)29-21(25)12-8-17-5-9-18(23)10-6-17/h5-12,16,19,23,26H,3-4,13-15H2,1-2H3. The van der Waals surface area contributed by atoms with Crippen LogP contribution >= 0.6 is 0 Å². The summed E-state index contributed by atoms with van der Waals surface area (Å²) in [6.07, 6.45) is 7.03. The maximum atomic E-state index is 12.1. The number of hydrogen-bond donors (Lipinski definition) is 2. The normalized spacial score (nSPS) is 19.6. The molecule has 158 valence electrons. The van der Waals surface area contributed by atoms with E-state index in [1.165, 1.54) is 30.4 Å². The number of rotatable bonds is 11. The van der Waals surface area contributed by atoms with Crippen LogP contribution in [0, 0.1) is 5.92 Å². The Morgan fingerprint density at radius 2 is 1.83 bits per heavy atom. The molecule has 1 aromatic carbocycles. The highest BCUT2D eigenvalue weighted by Gasteiger charge is 2.52. The molecule has 0 aliphatic carbocycles. The zero-order valence-electron chi connectivity index (χ0n) is 16.7. The first kappa shape index (κ1) is 22.6. The van der Waals surface area contributed by atoms with Crippen molar-refractivity contribution in [3.05, 3.63) is 48.1 Å². The third-order valence-electron chi connectivity index (χ3n) is 4.68. The summed E-state index contributed by atoms with van der Waals surface area (Å²) < 4.78 is 15.4. The van der Waals surface area contributed by atoms with Gasteiger partial charge in [0.25, 0.3) is 0 Å². The molecular weight excluding hydrogens is 376 g/mol. The van der Waals surface area contributed by atoms with E-state index in [9.17, 15) is 19.8 Å². The molecule has 0 amide bonds. The maximum absolute atomic E-state index is 12.1. The van der Waals surface area contributed by atoms with Crippen LogP contribution in [0.1, 0.15) is 38.7 Å². The molecule has 0 bridgehead atoms. The fourth-order valence-corrected chi connectivity index (χ4v) is 2.66. The average molecular weight is 404 g/mol. The second-order valence-corrected chi connectivity index (χ2v) is 6.88. The zero-order valence-corrected chi connectivity index (χ0v) is 16.7. The minimum absolute atomic E-state index is 0.0165. The van der Waals surface area contributed by atoms with Crippen molar-refractivity contribution >= 4 is 18.0 Å². The topological polar surface area (TPSA) is 106 Å². The van der Waals surface area contributed by atoms with E-state index in [0.29, 0.717) is 11.5 Å². The van der Waals surface area contributed by atoms with Gasteiger partial charge in [-0.15, -0.1) is 0 Å². The summed E-state index contributed by atoms with van der Waals surface area (Å²) >= 11 is 0. The number of esters is 2. The number of carbonyl (C=O) groups is 2. The first-order valence-electron chi connectivity index (χ1n) is 9.75. The van der Waals surface area contributed by atoms with Crippen molar-refractivity contribution in [3.8, 4) is 5.75 Å². The van der Waals surface area contributed by atoms with Crippen molar-refractivity contribution in [2.45, 2.75) is 45.0 Å². The summed E-state index contributed by atoms with van der Waals surface area (Å²) in [5, 5.41) is 19.4. The Morgan fingerprint density at radius 1 is 1.17 bits per heavy atom. The molecule has 7 heteroatoms. The number of aliphatic hydroxyl groups is 1. The highest BCUT2D eigenvalue weighted by atomic mass is 16.7. The Kier molecular flexibility index (Phi) is 8.42. The highest BCUT2D eigenvalue weighted by molar-refractivity contribution is 5.87. The Morgan fingerprint density at radius 3 is 2.41 bits per heavy atom. The molecule has 1 fully saturated rings. The van der Waals surface area contributed by atoms with Gasteiger partial charge >= 0.3 is 11.9 Å². The van der Waals surface area contributed by atoms with Gasteiger partial charge in [-0.2, -0.15) is 0 Å². The number of ether oxygens (including phenoxy) is 3. The summed E-state index contributed by atoms with van der Waals surface area (Å²) in [6.45, 7) is 4.14. The van der Waals surface area contributed by atoms with Gasteiger partial charge in [0, 0.05) is 18.6 Å². The van der Waals surface area contributed by atoms with Crippen molar-refractivity contribution in [2.75, 3.05) is 13.2 Å². The van der Waals surface area contributed by atoms with Crippen LogP contribution in [-0.4, -0.2) is 47.3 Å². The van der Waals surface area contributed by atoms with E-state index in [1.807, 2.05) is 6.08 Å². The van der Waals surface area contributed by atoms with Crippen molar-refractivity contribution in [3.63, 3.8) is 0 Å². The van der Waals surface area contributed by atoms with Crippen LogP contribution in [0.25, 0.3) is 6.08 Å². The van der Waals surface area contributed by atoms with Crippen molar-refractivity contribution in [1.29, 1.82) is 0 Å². The van der Waals surface area contributed by atoms with E-state index in [4.69, 9.17) is 14.2 Å². The van der Waals surface area contributed by atoms with Gasteiger partial charge in [0.1, 0.15) is 12.4 Å². The number of allylic oxidation sites excluding steroid dienone is 1. The predicted molar refractivity (Wildman–Crippen MR) is 107 cm³/mol. The second kappa shape index (κ2) is 10.8. The van der Waals surface area contributed by atoms with Gasteiger partial charge < -0.3 is 24.4 Å². The molecule has 1 aliphatic rings. The van der Waals surface area contributed by atoms with E-state index >= 15 is 0 Å². The summed E-state index contributed by atoms with van der Waals surface area (Å²) in [5.74, 6) is -2.22. The van der Waals surface area contributed by atoms with Crippen LogP contribution < -0.4 is 0 Å². The molecular formula is C22H28O7. The summed E-state index contributed by atoms with van der Waals surface area (Å²) in [5.41, 5.74) is 0.705. The van der Waals surface area contributed by atoms with Crippen molar-refractivity contribution in [2.24, 2.45) is 5.92 Å². The van der Waals surface area contributed by atoms with Crippen LogP contribution in [0.3, 0.4) is 0 Å². The molecule has 2 rings (SSSR count). The van der Waals surface area contributed by atoms with Crippen LogP contribution in [-0.2, 0) is 23.8 Å². The number of hydrogen-bond acceptors (Lipinski definition) is 7. The molecule has 2 unspecified atom stereocenters. The smallest absolute Gasteiger partial charge is 0.331 e. The third kappa shape index (κ3) is 7.71. The van der Waals surface area contributed by atoms with E-state index in [0.717, 1.165) is 12.8 Å². The van der Waals surface area contributed by atoms with Gasteiger partial charge in [0.15, 0.2) is 6.10 Å². The molecule has 0 radical (unpaired) electrons. The molecule has 0 saturated carbocycles. The van der Waals surface area contributed by atoms with Crippen LogP contribution in [0.2, 0.25) is 0 Å². The first-order chi connectivity index (χ1) is 13.9. The number of phenolic OH excluding ortho intramolecular Hbond substituents is 1. The Bertz CT molecular complexity index is 728. The largest absolute Gasteiger partial charge is 0.508 e. The number of phenols is 1. The third-order valence-corrected chi connectivity index (χ3v) is 4.68. The van der Waals surface area contributed by atoms with Crippen LogP contribution in [0.4, 0.5) is 0 Å². The van der Waals surface area contributed by atoms with Crippen LogP contribution in [0.15, 0.2) is 42.5 Å².